The van der Waals surface area contributed by atoms with E-state index in [0.717, 1.165) is 0 Å². The van der Waals surface area contributed by atoms with E-state index in [1.165, 1.54) is 0 Å². The third kappa shape index (κ3) is 5.35. The fourth-order valence-electron chi connectivity index (χ4n) is 7.57. The molecule has 4 heterocycles. The minimum Gasteiger partial charge on any atom is -0.309 e. The van der Waals surface area contributed by atoms with Crippen molar-refractivity contribution in [2.45, 2.75) is 0 Å². The van der Waals surface area contributed by atoms with Gasteiger partial charge in [0.05, 0.1) is 93.8 Å². The summed E-state index contributed by atoms with van der Waals surface area (Å²) in [7, 11) is 0. The SMILES string of the molecule is [2H]c1c([2H])c([2H])c(-c2c([2H])c([2H])c([2H])c(-c3nc(-c4c([2H])c([2H])c([2H])c([2H])c4-n4c5c([2H])c([2H])c([2H])c([2H])c5c5c([2H])c([2H])c([2H])c([2H])c54)nc(-n4c5c([2H])c([2H])c([2H])c([2H])c5c5c([2H])c([2H])c([2H])c([2H])c54)n3)c2-n2c3c([2H])c([2H])c([2H])c([2H])c3c3c([2H])c([2H])c([2H])c([2H])c32)c([2H])c1[2H]. The quantitative estimate of drug-likeness (QED) is 0.168. The molecule has 6 heteroatoms. The Morgan fingerprint density at radius 3 is 1.16 bits per heavy atom. The lowest BCUT2D eigenvalue weighted by Crippen LogP contribution is -2.09. The summed E-state index contributed by atoms with van der Waals surface area (Å²) in [5, 5.41) is -4.04. The van der Waals surface area contributed by atoms with Gasteiger partial charge in [0, 0.05) is 49.0 Å². The number of fused-ring (bicyclic) bond motifs is 9. The molecule has 0 fully saturated rings. The molecule has 63 heavy (non-hydrogen) atoms. The summed E-state index contributed by atoms with van der Waals surface area (Å²) >= 11 is 0. The molecule has 0 amide bonds. The first kappa shape index (κ1) is 14.8. The van der Waals surface area contributed by atoms with E-state index >= 15 is 0 Å². The molecule has 0 aliphatic carbocycles. The second-order valence-electron chi connectivity index (χ2n) is 13.3. The molecule has 0 radical (unpaired) electrons. The van der Waals surface area contributed by atoms with E-state index in [0.29, 0.717) is 13.7 Å². The predicted octanol–water partition coefficient (Wildman–Crippen LogP) is 14.2. The number of hydrogen-bond donors (Lipinski definition) is 0. The van der Waals surface area contributed by atoms with Crippen molar-refractivity contribution in [3.05, 3.63) is 218 Å². The van der Waals surface area contributed by atoms with Crippen LogP contribution in [0.3, 0.4) is 0 Å². The first-order chi connectivity index (χ1) is 46.2. The molecular formula is C57H36N6. The van der Waals surface area contributed by atoms with E-state index < -0.39 is 334 Å². The maximum absolute atomic E-state index is 10.1. The highest BCUT2D eigenvalue weighted by atomic mass is 15.2. The maximum Gasteiger partial charge on any atom is 0.238 e. The van der Waals surface area contributed by atoms with Crippen LogP contribution in [0.1, 0.15) is 49.3 Å². The summed E-state index contributed by atoms with van der Waals surface area (Å²) in [5.41, 5.74) is -11.4. The van der Waals surface area contributed by atoms with Crippen LogP contribution >= 0.6 is 0 Å². The van der Waals surface area contributed by atoms with Gasteiger partial charge in [0.1, 0.15) is 0 Å². The Bertz CT molecular complexity index is 5810. The molecule has 0 aliphatic rings. The third-order valence-electron chi connectivity index (χ3n) is 10.1. The summed E-state index contributed by atoms with van der Waals surface area (Å²) in [5.74, 6) is -3.64. The van der Waals surface area contributed by atoms with Crippen molar-refractivity contribution >= 4 is 65.4 Å². The number of aromatic nitrogens is 6. The Balaban J connectivity index is 1.38. The molecule has 0 unspecified atom stereocenters. The van der Waals surface area contributed by atoms with Crippen LogP contribution in [0, 0.1) is 0 Å². The van der Waals surface area contributed by atoms with Gasteiger partial charge in [0.15, 0.2) is 11.6 Å². The molecule has 0 atom stereocenters. The van der Waals surface area contributed by atoms with Crippen LogP contribution in [0.4, 0.5) is 0 Å². The Morgan fingerprint density at radius 2 is 0.651 bits per heavy atom. The molecule has 6 nitrogen and oxygen atoms in total. The van der Waals surface area contributed by atoms with E-state index in [9.17, 15) is 28.8 Å². The minimum absolute atomic E-state index is 0.607. The summed E-state index contributed by atoms with van der Waals surface area (Å²) in [6.45, 7) is 0. The van der Waals surface area contributed by atoms with Crippen LogP contribution in [0.2, 0.25) is 0 Å². The van der Waals surface area contributed by atoms with Crippen LogP contribution in [0.5, 0.6) is 0 Å². The van der Waals surface area contributed by atoms with E-state index in [2.05, 4.69) is 9.97 Å². The van der Waals surface area contributed by atoms with Crippen LogP contribution in [-0.4, -0.2) is 28.7 Å². The lowest BCUT2D eigenvalue weighted by atomic mass is 9.99. The largest absolute Gasteiger partial charge is 0.309 e. The van der Waals surface area contributed by atoms with Crippen LogP contribution in [-0.2, 0) is 0 Å². The van der Waals surface area contributed by atoms with Gasteiger partial charge in [-0.2, -0.15) is 9.97 Å². The fourth-order valence-corrected chi connectivity index (χ4v) is 7.57. The summed E-state index contributed by atoms with van der Waals surface area (Å²) < 4.78 is 333. The van der Waals surface area contributed by atoms with Gasteiger partial charge < -0.3 is 9.13 Å². The first-order valence-corrected chi connectivity index (χ1v) is 18.4. The zero-order chi connectivity index (χ0) is 72.8. The Kier molecular flexibility index (Phi) is 3.28. The highest BCUT2D eigenvalue weighted by Gasteiger charge is 2.25. The topological polar surface area (TPSA) is 53.5 Å². The van der Waals surface area contributed by atoms with Crippen molar-refractivity contribution < 1.29 is 49.3 Å². The van der Waals surface area contributed by atoms with Gasteiger partial charge in [0.25, 0.3) is 0 Å². The number of hydrogen-bond acceptors (Lipinski definition) is 3. The molecule has 0 saturated carbocycles. The Hall–Kier alpha value is -8.61. The Morgan fingerprint density at radius 1 is 0.286 bits per heavy atom. The van der Waals surface area contributed by atoms with Crippen LogP contribution in [0.25, 0.3) is 117 Å². The van der Waals surface area contributed by atoms with Gasteiger partial charge in [-0.3, -0.25) is 4.57 Å². The molecule has 13 aromatic rings. The van der Waals surface area contributed by atoms with Gasteiger partial charge in [-0.15, -0.1) is 0 Å². The van der Waals surface area contributed by atoms with Gasteiger partial charge in [-0.1, -0.05) is 163 Å². The molecule has 0 aliphatic heterocycles. The zero-order valence-electron chi connectivity index (χ0n) is 67.2. The van der Waals surface area contributed by atoms with Crippen molar-refractivity contribution in [1.82, 2.24) is 28.7 Å². The van der Waals surface area contributed by atoms with Gasteiger partial charge in [-0.25, -0.2) is 4.98 Å². The fraction of sp³-hybridized carbons (Fsp3) is 0. The normalized spacial score (nSPS) is 19.8. The van der Waals surface area contributed by atoms with E-state index in [4.69, 9.17) is 25.5 Å². The van der Waals surface area contributed by atoms with Crippen molar-refractivity contribution in [1.29, 1.82) is 0 Å². The number of nitrogens with zero attached hydrogens (tertiary/aromatic N) is 6. The summed E-state index contributed by atoms with van der Waals surface area (Å²) in [4.78, 5) is 14.0. The van der Waals surface area contributed by atoms with E-state index in [-0.39, 0.29) is 0 Å². The monoisotopic (exact) mass is 841 g/mol. The van der Waals surface area contributed by atoms with Gasteiger partial charge >= 0.3 is 0 Å². The highest BCUT2D eigenvalue weighted by molar-refractivity contribution is 6.12. The predicted molar refractivity (Wildman–Crippen MR) is 259 cm³/mol. The molecule has 0 saturated heterocycles. The summed E-state index contributed by atoms with van der Waals surface area (Å²) in [6, 6.07) is -38.5. The molecule has 4 aromatic heterocycles. The van der Waals surface area contributed by atoms with Crippen LogP contribution in [0.15, 0.2) is 218 Å². The lowest BCUT2D eigenvalue weighted by Gasteiger charge is -2.19. The minimum atomic E-state index is -1.32. The molecule has 13 rings (SSSR count). The average molecular weight is 841 g/mol. The zero-order valence-corrected chi connectivity index (χ0v) is 31.2. The molecule has 0 bridgehead atoms. The average Bonchev–Trinajstić information content (AvgIpc) is 1.58. The molecule has 9 aromatic carbocycles. The summed E-state index contributed by atoms with van der Waals surface area (Å²) in [6.07, 6.45) is 0. The second kappa shape index (κ2) is 14.0. The van der Waals surface area contributed by atoms with Crippen LogP contribution < -0.4 is 0 Å². The van der Waals surface area contributed by atoms with Crippen molar-refractivity contribution in [3.63, 3.8) is 0 Å². The number of para-hydroxylation sites is 8. The lowest BCUT2D eigenvalue weighted by molar-refractivity contribution is 0.950. The Labute approximate surface area is 412 Å². The molecule has 294 valence electrons. The van der Waals surface area contributed by atoms with Crippen molar-refractivity contribution in [3.8, 4) is 51.2 Å². The highest BCUT2D eigenvalue weighted by Crippen LogP contribution is 2.42. The van der Waals surface area contributed by atoms with Gasteiger partial charge in [0.2, 0.25) is 5.95 Å². The molecule has 0 spiro atoms. The smallest absolute Gasteiger partial charge is 0.238 e. The molecule has 0 N–H and O–H groups in total. The number of benzene rings is 9. The van der Waals surface area contributed by atoms with Crippen molar-refractivity contribution in [2.75, 3.05) is 0 Å². The van der Waals surface area contributed by atoms with E-state index in [1.807, 2.05) is 0 Å². The third-order valence-corrected chi connectivity index (χ3v) is 10.1. The standard InChI is InChI=1S/C57H36N6/c1-2-19-37(20-3-1)38-28-18-29-46(54(38)62-49-32-13-6-23-41(49)42-24-7-14-33-50(42)62)56-58-55(59-57(60-56)63-51-34-15-8-25-43(51)44-26-9-16-35-52(44)63)45-27-10-17-36-53(45)61-47-30-11-4-21-39(47)40-22-5-12-31-48(40)61/h1-36H/i1D,2D,3D,4D,5D,6D,7D,8D,9D,10D,11D,12D,13D,14D,15D,16D,17D,18D,19D,20D,21D,22D,23D,24D,25D,26D,27D,28D,29D,30D,31D,32D,33D,34D,35D,36D. The molecular weight excluding hydrogens is 769 g/mol. The maximum atomic E-state index is 10.1. The van der Waals surface area contributed by atoms with Crippen molar-refractivity contribution in [2.24, 2.45) is 0 Å². The van der Waals surface area contributed by atoms with E-state index in [1.54, 1.807) is 0 Å². The first-order valence-electron chi connectivity index (χ1n) is 36.4. The number of rotatable bonds is 6. The second-order valence-corrected chi connectivity index (χ2v) is 13.3. The van der Waals surface area contributed by atoms with Gasteiger partial charge in [-0.05, 0) is 59.9 Å².